The lowest BCUT2D eigenvalue weighted by molar-refractivity contribution is 0.306. The van der Waals surface area contributed by atoms with Crippen LogP contribution in [0.25, 0.3) is 0 Å². The monoisotopic (exact) mass is 324 g/mol. The maximum absolute atomic E-state index is 5.87. The maximum Gasteiger partial charge on any atom is 0.126 e. The second-order valence-electron chi connectivity index (χ2n) is 5.13. The van der Waals surface area contributed by atoms with Crippen LogP contribution in [0.1, 0.15) is 11.1 Å². The van der Waals surface area contributed by atoms with Gasteiger partial charge in [0, 0.05) is 17.8 Å². The first kappa shape index (κ1) is 15.4. The molecule has 0 atom stereocenters. The van der Waals surface area contributed by atoms with E-state index >= 15 is 0 Å². The highest BCUT2D eigenvalue weighted by atomic mass is 35.5. The minimum absolute atomic E-state index is 0.530. The molecule has 23 heavy (non-hydrogen) atoms. The molecule has 0 aliphatic rings. The van der Waals surface area contributed by atoms with E-state index < -0.39 is 0 Å². The van der Waals surface area contributed by atoms with E-state index in [1.165, 1.54) is 5.56 Å². The molecule has 3 rings (SSSR count). The number of aromatic nitrogens is 1. The van der Waals surface area contributed by atoms with Gasteiger partial charge in [-0.05, 0) is 47.5 Å². The Hall–Kier alpha value is -2.52. The highest BCUT2D eigenvalue weighted by molar-refractivity contribution is 6.30. The minimum atomic E-state index is 0.530. The van der Waals surface area contributed by atoms with Gasteiger partial charge in [-0.25, -0.2) is 4.98 Å². The minimum Gasteiger partial charge on any atom is -0.489 e. The van der Waals surface area contributed by atoms with Crippen molar-refractivity contribution in [2.45, 2.75) is 13.2 Å². The number of halogens is 1. The maximum atomic E-state index is 5.87. The van der Waals surface area contributed by atoms with Gasteiger partial charge >= 0.3 is 0 Å². The van der Waals surface area contributed by atoms with Crippen molar-refractivity contribution in [1.29, 1.82) is 0 Å². The molecule has 0 bridgehead atoms. The van der Waals surface area contributed by atoms with E-state index in [-0.39, 0.29) is 0 Å². The lowest BCUT2D eigenvalue weighted by atomic mass is 10.2. The number of benzene rings is 2. The molecule has 2 aromatic carbocycles. The van der Waals surface area contributed by atoms with E-state index in [1.54, 1.807) is 6.20 Å². The van der Waals surface area contributed by atoms with Gasteiger partial charge in [0.15, 0.2) is 0 Å². The molecule has 116 valence electrons. The number of nitrogens with zero attached hydrogens (tertiary/aromatic N) is 1. The summed E-state index contributed by atoms with van der Waals surface area (Å²) >= 11 is 5.87. The first-order chi connectivity index (χ1) is 11.3. The Bertz CT molecular complexity index is 728. The van der Waals surface area contributed by atoms with Crippen LogP contribution >= 0.6 is 11.6 Å². The molecule has 0 aliphatic heterocycles. The van der Waals surface area contributed by atoms with Crippen molar-refractivity contribution in [3.05, 3.63) is 89.1 Å². The fraction of sp³-hybridized carbons (Fsp3) is 0.105. The van der Waals surface area contributed by atoms with Gasteiger partial charge in [0.2, 0.25) is 0 Å². The number of pyridine rings is 1. The average Bonchev–Trinajstić information content (AvgIpc) is 2.61. The number of hydrogen-bond acceptors (Lipinski definition) is 3. The van der Waals surface area contributed by atoms with Gasteiger partial charge in [-0.2, -0.15) is 0 Å². The zero-order chi connectivity index (χ0) is 15.9. The third-order valence-electron chi connectivity index (χ3n) is 3.38. The van der Waals surface area contributed by atoms with Gasteiger partial charge < -0.3 is 10.1 Å². The van der Waals surface area contributed by atoms with E-state index in [9.17, 15) is 0 Å². The van der Waals surface area contributed by atoms with Crippen LogP contribution in [0.5, 0.6) is 5.75 Å². The predicted octanol–water partition coefficient (Wildman–Crippen LogP) is 4.93. The van der Waals surface area contributed by atoms with Gasteiger partial charge in [-0.1, -0.05) is 41.9 Å². The molecular weight excluding hydrogens is 308 g/mol. The number of hydrogen-bond donors (Lipinski definition) is 1. The molecule has 0 spiro atoms. The molecule has 0 saturated heterocycles. The summed E-state index contributed by atoms with van der Waals surface area (Å²) in [6.45, 7) is 1.26. The Morgan fingerprint density at radius 2 is 1.61 bits per heavy atom. The zero-order valence-electron chi connectivity index (χ0n) is 12.6. The third kappa shape index (κ3) is 4.73. The lowest BCUT2D eigenvalue weighted by Gasteiger charge is -2.08. The van der Waals surface area contributed by atoms with Crippen LogP contribution in [0, 0.1) is 0 Å². The fourth-order valence-corrected chi connectivity index (χ4v) is 2.24. The summed E-state index contributed by atoms with van der Waals surface area (Å²) in [7, 11) is 0. The number of rotatable bonds is 6. The quantitative estimate of drug-likeness (QED) is 0.698. The van der Waals surface area contributed by atoms with Gasteiger partial charge in [0.05, 0.1) is 0 Å². The van der Waals surface area contributed by atoms with Crippen LogP contribution in [0.3, 0.4) is 0 Å². The molecule has 3 nitrogen and oxygen atoms in total. The smallest absolute Gasteiger partial charge is 0.126 e. The standard InChI is InChI=1S/C19H17ClN2O/c20-17-8-4-16(5-9-17)14-23-18-10-6-15(7-11-18)13-22-19-3-1-2-12-21-19/h1-12H,13-14H2,(H,21,22). The molecule has 0 aliphatic carbocycles. The molecule has 0 fully saturated rings. The van der Waals surface area contributed by atoms with Crippen LogP contribution in [0.4, 0.5) is 5.82 Å². The summed E-state index contributed by atoms with van der Waals surface area (Å²) < 4.78 is 5.77. The van der Waals surface area contributed by atoms with E-state index in [2.05, 4.69) is 10.3 Å². The second kappa shape index (κ2) is 7.65. The molecule has 0 unspecified atom stereocenters. The van der Waals surface area contributed by atoms with Gasteiger partial charge in [0.1, 0.15) is 18.2 Å². The van der Waals surface area contributed by atoms with Crippen molar-refractivity contribution in [1.82, 2.24) is 4.98 Å². The number of ether oxygens (including phenoxy) is 1. The van der Waals surface area contributed by atoms with Crippen LogP contribution in [-0.4, -0.2) is 4.98 Å². The Kier molecular flexibility index (Phi) is 5.12. The van der Waals surface area contributed by atoms with Crippen molar-refractivity contribution in [2.24, 2.45) is 0 Å². The fourth-order valence-electron chi connectivity index (χ4n) is 2.11. The van der Waals surface area contributed by atoms with Gasteiger partial charge in [-0.15, -0.1) is 0 Å². The molecule has 0 radical (unpaired) electrons. The van der Waals surface area contributed by atoms with Gasteiger partial charge in [-0.3, -0.25) is 0 Å². The van der Waals surface area contributed by atoms with Crippen molar-refractivity contribution in [2.75, 3.05) is 5.32 Å². The Morgan fingerprint density at radius 3 is 2.30 bits per heavy atom. The Balaban J connectivity index is 1.51. The SMILES string of the molecule is Clc1ccc(COc2ccc(CNc3ccccn3)cc2)cc1. The average molecular weight is 325 g/mol. The van der Waals surface area contributed by atoms with E-state index in [1.807, 2.05) is 66.7 Å². The molecule has 0 saturated carbocycles. The molecule has 1 N–H and O–H groups in total. The lowest BCUT2D eigenvalue weighted by Crippen LogP contribution is -2.01. The summed E-state index contributed by atoms with van der Waals surface area (Å²) in [6, 6.07) is 21.5. The summed E-state index contributed by atoms with van der Waals surface area (Å²) in [4.78, 5) is 4.24. The van der Waals surface area contributed by atoms with Gasteiger partial charge in [0.25, 0.3) is 0 Å². The molecule has 0 amide bonds. The molecule has 4 heteroatoms. The highest BCUT2D eigenvalue weighted by Crippen LogP contribution is 2.16. The van der Waals surface area contributed by atoms with E-state index in [0.29, 0.717) is 6.61 Å². The van der Waals surface area contributed by atoms with Crippen LogP contribution in [-0.2, 0) is 13.2 Å². The molecule has 1 heterocycles. The van der Waals surface area contributed by atoms with Crippen LogP contribution in [0.2, 0.25) is 5.02 Å². The van der Waals surface area contributed by atoms with Crippen molar-refractivity contribution < 1.29 is 4.74 Å². The molecular formula is C19H17ClN2O. The first-order valence-electron chi connectivity index (χ1n) is 7.41. The summed E-state index contributed by atoms with van der Waals surface area (Å²) in [5.74, 6) is 1.72. The van der Waals surface area contributed by atoms with Crippen molar-refractivity contribution in [3.8, 4) is 5.75 Å². The second-order valence-corrected chi connectivity index (χ2v) is 5.56. The van der Waals surface area contributed by atoms with Crippen molar-refractivity contribution >= 4 is 17.4 Å². The van der Waals surface area contributed by atoms with Crippen LogP contribution < -0.4 is 10.1 Å². The molecule has 3 aromatic rings. The van der Waals surface area contributed by atoms with Crippen molar-refractivity contribution in [3.63, 3.8) is 0 Å². The number of nitrogens with one attached hydrogen (secondary N) is 1. The Labute approximate surface area is 140 Å². The van der Waals surface area contributed by atoms with E-state index in [4.69, 9.17) is 16.3 Å². The Morgan fingerprint density at radius 1 is 0.870 bits per heavy atom. The molecule has 1 aromatic heterocycles. The predicted molar refractivity (Wildman–Crippen MR) is 93.8 cm³/mol. The summed E-state index contributed by atoms with van der Waals surface area (Å²) in [5, 5.41) is 4.01. The topological polar surface area (TPSA) is 34.1 Å². The third-order valence-corrected chi connectivity index (χ3v) is 3.63. The van der Waals surface area contributed by atoms with E-state index in [0.717, 1.165) is 28.7 Å². The zero-order valence-corrected chi connectivity index (χ0v) is 13.3. The normalized spacial score (nSPS) is 10.3. The largest absolute Gasteiger partial charge is 0.489 e. The summed E-state index contributed by atoms with van der Waals surface area (Å²) in [5.41, 5.74) is 2.27. The summed E-state index contributed by atoms with van der Waals surface area (Å²) in [6.07, 6.45) is 1.77. The first-order valence-corrected chi connectivity index (χ1v) is 7.78. The van der Waals surface area contributed by atoms with Crippen LogP contribution in [0.15, 0.2) is 72.9 Å². The highest BCUT2D eigenvalue weighted by Gasteiger charge is 1.98. The number of anilines is 1.